The molecule has 0 aliphatic carbocycles. The summed E-state index contributed by atoms with van der Waals surface area (Å²) in [5, 5.41) is 0. The summed E-state index contributed by atoms with van der Waals surface area (Å²) in [5.41, 5.74) is 0. The maximum Gasteiger partial charge on any atom is 0.305 e. The minimum atomic E-state index is -3.31. The molecule has 1 heterocycles. The lowest BCUT2D eigenvalue weighted by Gasteiger charge is -2.35. The Morgan fingerprint density at radius 1 is 1.32 bits per heavy atom. The fraction of sp³-hybridized carbons (Fsp3) is 0.833. The minimum Gasteiger partial charge on any atom is -0.469 e. The molecule has 6 nitrogen and oxygen atoms in total. The van der Waals surface area contributed by atoms with Gasteiger partial charge in [-0.1, -0.05) is 0 Å². The molecule has 1 fully saturated rings. The first-order valence-corrected chi connectivity index (χ1v) is 8.43. The third-order valence-electron chi connectivity index (χ3n) is 3.24. The zero-order valence-electron chi connectivity index (χ0n) is 11.4. The van der Waals surface area contributed by atoms with Gasteiger partial charge in [0.1, 0.15) is 5.75 Å². The summed E-state index contributed by atoms with van der Waals surface area (Å²) >= 11 is 0. The van der Waals surface area contributed by atoms with Crippen LogP contribution in [0, 0.1) is 0 Å². The fourth-order valence-electron chi connectivity index (χ4n) is 2.32. The van der Waals surface area contributed by atoms with Crippen molar-refractivity contribution < 1.29 is 22.7 Å². The summed E-state index contributed by atoms with van der Waals surface area (Å²) in [7, 11) is -1.99. The number of carbonyl (C=O) groups is 2. The number of methoxy groups -OCH3 is 1. The average molecular weight is 291 g/mol. The summed E-state index contributed by atoms with van der Waals surface area (Å²) in [4.78, 5) is 24.7. The summed E-state index contributed by atoms with van der Waals surface area (Å²) in [6.07, 6.45) is 4.52. The zero-order chi connectivity index (χ0) is 14.5. The van der Waals surface area contributed by atoms with E-state index in [4.69, 9.17) is 0 Å². The van der Waals surface area contributed by atoms with E-state index in [2.05, 4.69) is 4.74 Å². The number of esters is 1. The van der Waals surface area contributed by atoms with Gasteiger partial charge >= 0.3 is 5.97 Å². The van der Waals surface area contributed by atoms with E-state index in [0.717, 1.165) is 25.5 Å². The Labute approximate surface area is 114 Å². The van der Waals surface area contributed by atoms with E-state index < -0.39 is 15.6 Å². The van der Waals surface area contributed by atoms with Crippen LogP contribution in [0.5, 0.6) is 0 Å². The van der Waals surface area contributed by atoms with Crippen molar-refractivity contribution in [3.8, 4) is 0 Å². The number of hydrogen-bond donors (Lipinski definition) is 0. The molecule has 1 aliphatic rings. The predicted molar refractivity (Wildman–Crippen MR) is 70.3 cm³/mol. The van der Waals surface area contributed by atoms with Gasteiger partial charge in [-0.3, -0.25) is 9.59 Å². The van der Waals surface area contributed by atoms with Gasteiger partial charge in [-0.05, 0) is 25.7 Å². The van der Waals surface area contributed by atoms with Crippen LogP contribution in [0.4, 0.5) is 0 Å². The number of carbonyl (C=O) groups excluding carboxylic acids is 2. The van der Waals surface area contributed by atoms with Gasteiger partial charge in [-0.2, -0.15) is 0 Å². The van der Waals surface area contributed by atoms with E-state index in [1.165, 1.54) is 7.11 Å². The molecule has 19 heavy (non-hydrogen) atoms. The standard InChI is InChI=1S/C12H21NO5S/c1-18-12(15)7-6-10-5-3-4-8-13(10)11(14)9-19(2,16)17/h10H,3-9H2,1-2H3. The molecule has 0 radical (unpaired) electrons. The SMILES string of the molecule is COC(=O)CCC1CCCCN1C(=O)CS(C)(=O)=O. The van der Waals surface area contributed by atoms with E-state index in [9.17, 15) is 18.0 Å². The zero-order valence-corrected chi connectivity index (χ0v) is 12.2. The second kappa shape index (κ2) is 6.88. The van der Waals surface area contributed by atoms with Gasteiger partial charge in [-0.15, -0.1) is 0 Å². The maximum absolute atomic E-state index is 12.0. The summed E-state index contributed by atoms with van der Waals surface area (Å²) < 4.78 is 26.9. The second-order valence-electron chi connectivity index (χ2n) is 4.92. The molecule has 1 unspecified atom stereocenters. The number of amides is 1. The molecular formula is C12H21NO5S. The molecule has 110 valence electrons. The number of hydrogen-bond acceptors (Lipinski definition) is 5. The molecule has 1 amide bonds. The lowest BCUT2D eigenvalue weighted by molar-refractivity contribution is -0.142. The number of piperidine rings is 1. The number of sulfone groups is 1. The first-order valence-electron chi connectivity index (χ1n) is 6.37. The third kappa shape index (κ3) is 5.59. The maximum atomic E-state index is 12.0. The Bertz CT molecular complexity index is 431. The van der Waals surface area contributed by atoms with Gasteiger partial charge in [0.05, 0.1) is 7.11 Å². The molecule has 7 heteroatoms. The lowest BCUT2D eigenvalue weighted by Crippen LogP contribution is -2.46. The highest BCUT2D eigenvalue weighted by Crippen LogP contribution is 2.21. The van der Waals surface area contributed by atoms with Gasteiger partial charge in [0.2, 0.25) is 5.91 Å². The summed E-state index contributed by atoms with van der Waals surface area (Å²) in [5.74, 6) is -1.13. The Morgan fingerprint density at radius 3 is 2.58 bits per heavy atom. The highest BCUT2D eigenvalue weighted by Gasteiger charge is 2.28. The van der Waals surface area contributed by atoms with Gasteiger partial charge in [0.15, 0.2) is 9.84 Å². The molecule has 0 spiro atoms. The quantitative estimate of drug-likeness (QED) is 0.683. The number of rotatable bonds is 5. The molecule has 1 saturated heterocycles. The average Bonchev–Trinajstić information content (AvgIpc) is 2.34. The van der Waals surface area contributed by atoms with Crippen LogP contribution in [0.3, 0.4) is 0 Å². The van der Waals surface area contributed by atoms with Crippen LogP contribution in [0.1, 0.15) is 32.1 Å². The first-order chi connectivity index (χ1) is 8.83. The van der Waals surface area contributed by atoms with Gasteiger partial charge < -0.3 is 9.64 Å². The summed E-state index contributed by atoms with van der Waals surface area (Å²) in [6.45, 7) is 0.570. The van der Waals surface area contributed by atoms with E-state index in [1.54, 1.807) is 4.90 Å². The normalized spacial score (nSPS) is 20.1. The van der Waals surface area contributed by atoms with Crippen LogP contribution in [-0.4, -0.2) is 56.9 Å². The number of ether oxygens (including phenoxy) is 1. The van der Waals surface area contributed by atoms with E-state index in [0.29, 0.717) is 13.0 Å². The van der Waals surface area contributed by atoms with Crippen LogP contribution < -0.4 is 0 Å². The van der Waals surface area contributed by atoms with Crippen molar-refractivity contribution in [3.63, 3.8) is 0 Å². The van der Waals surface area contributed by atoms with Crippen LogP contribution in [-0.2, 0) is 24.2 Å². The molecule has 1 rings (SSSR count). The van der Waals surface area contributed by atoms with Crippen LogP contribution in [0.2, 0.25) is 0 Å². The van der Waals surface area contributed by atoms with E-state index in [1.807, 2.05) is 0 Å². The number of likely N-dealkylation sites (tertiary alicyclic amines) is 1. The molecule has 0 aromatic carbocycles. The van der Waals surface area contributed by atoms with Crippen LogP contribution >= 0.6 is 0 Å². The molecule has 0 saturated carbocycles. The molecule has 1 atom stereocenters. The highest BCUT2D eigenvalue weighted by molar-refractivity contribution is 7.91. The van der Waals surface area contributed by atoms with Crippen molar-refractivity contribution in [2.24, 2.45) is 0 Å². The number of nitrogens with zero attached hydrogens (tertiary/aromatic N) is 1. The Kier molecular flexibility index (Phi) is 5.78. The van der Waals surface area contributed by atoms with E-state index in [-0.39, 0.29) is 24.3 Å². The van der Waals surface area contributed by atoms with Crippen molar-refractivity contribution >= 4 is 21.7 Å². The van der Waals surface area contributed by atoms with Gasteiger partial charge in [-0.25, -0.2) is 8.42 Å². The minimum absolute atomic E-state index is 0.0536. The fourth-order valence-corrected chi connectivity index (χ4v) is 2.94. The Hall–Kier alpha value is -1.11. The topological polar surface area (TPSA) is 80.8 Å². The van der Waals surface area contributed by atoms with Crippen molar-refractivity contribution in [2.75, 3.05) is 25.7 Å². The van der Waals surface area contributed by atoms with Gasteiger partial charge in [0, 0.05) is 25.3 Å². The molecule has 0 aromatic heterocycles. The molecule has 0 bridgehead atoms. The molecule has 0 N–H and O–H groups in total. The molecular weight excluding hydrogens is 270 g/mol. The predicted octanol–water partition coefficient (Wildman–Crippen LogP) is 0.365. The Balaban J connectivity index is 2.61. The van der Waals surface area contributed by atoms with Crippen LogP contribution in [0.25, 0.3) is 0 Å². The lowest BCUT2D eigenvalue weighted by atomic mass is 9.98. The van der Waals surface area contributed by atoms with Gasteiger partial charge in [0.25, 0.3) is 0 Å². The second-order valence-corrected chi connectivity index (χ2v) is 7.06. The Morgan fingerprint density at radius 2 is 2.00 bits per heavy atom. The first kappa shape index (κ1) is 15.9. The largest absolute Gasteiger partial charge is 0.469 e. The molecule has 0 aromatic rings. The van der Waals surface area contributed by atoms with Crippen molar-refractivity contribution in [3.05, 3.63) is 0 Å². The summed E-state index contributed by atoms with van der Waals surface area (Å²) in [6, 6.07) is -0.0536. The third-order valence-corrected chi connectivity index (χ3v) is 4.01. The van der Waals surface area contributed by atoms with Crippen LogP contribution in [0.15, 0.2) is 0 Å². The smallest absolute Gasteiger partial charge is 0.305 e. The monoisotopic (exact) mass is 291 g/mol. The highest BCUT2D eigenvalue weighted by atomic mass is 32.2. The van der Waals surface area contributed by atoms with E-state index >= 15 is 0 Å². The van der Waals surface area contributed by atoms with Crippen molar-refractivity contribution in [1.29, 1.82) is 0 Å². The van der Waals surface area contributed by atoms with Crippen molar-refractivity contribution in [2.45, 2.75) is 38.1 Å². The molecule has 1 aliphatic heterocycles. The van der Waals surface area contributed by atoms with Crippen molar-refractivity contribution in [1.82, 2.24) is 4.90 Å².